The summed E-state index contributed by atoms with van der Waals surface area (Å²) in [6.45, 7) is 0. The molecule has 3 nitrogen and oxygen atoms in total. The highest BCUT2D eigenvalue weighted by Crippen LogP contribution is 2.30. The van der Waals surface area contributed by atoms with Crippen LogP contribution in [-0.2, 0) is 4.79 Å². The van der Waals surface area contributed by atoms with Crippen molar-refractivity contribution in [2.24, 2.45) is 0 Å². The van der Waals surface area contributed by atoms with Gasteiger partial charge in [-0.2, -0.15) is 0 Å². The van der Waals surface area contributed by atoms with Crippen molar-refractivity contribution < 1.29 is 4.79 Å². The fourth-order valence-electron chi connectivity index (χ4n) is 1.82. The second-order valence-corrected chi connectivity index (χ2v) is 6.61. The molecule has 100 valence electrons. The number of hydrogen-bond acceptors (Lipinski definition) is 3. The molecule has 0 aliphatic carbocycles. The topological polar surface area (TPSA) is 41.1 Å². The van der Waals surface area contributed by atoms with E-state index in [1.807, 2.05) is 30.3 Å². The molecule has 0 unspecified atom stereocenters. The van der Waals surface area contributed by atoms with Gasteiger partial charge < -0.3 is 5.32 Å². The maximum atomic E-state index is 11.6. The molecule has 0 radical (unpaired) electrons. The molecule has 2 aromatic rings. The predicted molar refractivity (Wildman–Crippen MR) is 89.3 cm³/mol. The van der Waals surface area contributed by atoms with Crippen LogP contribution >= 0.6 is 39.5 Å². The average molecular weight is 365 g/mol. The predicted octanol–water partition coefficient (Wildman–Crippen LogP) is 3.52. The molecular formula is C14H9BrN2OS2. The Labute approximate surface area is 133 Å². The van der Waals surface area contributed by atoms with Crippen LogP contribution in [0, 0.1) is 0 Å². The number of amides is 1. The molecule has 0 bridgehead atoms. The molecule has 1 aliphatic rings. The van der Waals surface area contributed by atoms with E-state index >= 15 is 0 Å². The zero-order chi connectivity index (χ0) is 14.1. The minimum atomic E-state index is -0.186. The Morgan fingerprint density at radius 2 is 1.85 bits per heavy atom. The van der Waals surface area contributed by atoms with Crippen molar-refractivity contribution in [2.45, 2.75) is 0 Å². The first-order chi connectivity index (χ1) is 9.61. The molecule has 1 aliphatic heterocycles. The summed E-state index contributed by atoms with van der Waals surface area (Å²) >= 11 is 9.95. The van der Waals surface area contributed by atoms with E-state index in [1.54, 1.807) is 11.3 Å². The Morgan fingerprint density at radius 3 is 2.50 bits per heavy atom. The van der Waals surface area contributed by atoms with E-state index in [2.05, 4.69) is 38.7 Å². The van der Waals surface area contributed by atoms with E-state index in [9.17, 15) is 4.79 Å². The molecule has 1 fully saturated rings. The van der Waals surface area contributed by atoms with Gasteiger partial charge in [0.15, 0.2) is 5.11 Å². The quantitative estimate of drug-likeness (QED) is 0.632. The number of carbonyl (C=O) groups excluding carboxylic acids is 1. The monoisotopic (exact) mass is 364 g/mol. The summed E-state index contributed by atoms with van der Waals surface area (Å²) in [5, 5.41) is 5.74. The Morgan fingerprint density at radius 1 is 1.10 bits per heavy atom. The van der Waals surface area contributed by atoms with Crippen LogP contribution in [0.1, 0.15) is 4.88 Å². The van der Waals surface area contributed by atoms with Crippen LogP contribution in [0.5, 0.6) is 0 Å². The summed E-state index contributed by atoms with van der Waals surface area (Å²) in [7, 11) is 0. The van der Waals surface area contributed by atoms with Crippen LogP contribution in [0.3, 0.4) is 0 Å². The molecule has 0 spiro atoms. The normalized spacial score (nSPS) is 16.4. The van der Waals surface area contributed by atoms with E-state index in [1.165, 1.54) is 0 Å². The van der Waals surface area contributed by atoms with Crippen LogP contribution in [0.2, 0.25) is 0 Å². The second kappa shape index (κ2) is 5.47. The van der Waals surface area contributed by atoms with Gasteiger partial charge in [0.2, 0.25) is 0 Å². The maximum Gasteiger partial charge on any atom is 0.273 e. The molecule has 2 N–H and O–H groups in total. The lowest BCUT2D eigenvalue weighted by atomic mass is 10.2. The van der Waals surface area contributed by atoms with Crippen LogP contribution in [0.4, 0.5) is 0 Å². The Balaban J connectivity index is 1.87. The highest BCUT2D eigenvalue weighted by molar-refractivity contribution is 9.10. The number of thiophene rings is 1. The van der Waals surface area contributed by atoms with Crippen molar-refractivity contribution in [3.63, 3.8) is 0 Å². The number of hydrogen-bond donors (Lipinski definition) is 2. The molecule has 0 atom stereocenters. The molecule has 0 saturated carbocycles. The number of halogens is 1. The number of thiocarbonyl (C=S) groups is 1. The van der Waals surface area contributed by atoms with Crippen LogP contribution in [0.15, 0.2) is 46.6 Å². The zero-order valence-electron chi connectivity index (χ0n) is 10.1. The van der Waals surface area contributed by atoms with Crippen molar-refractivity contribution in [3.8, 4) is 10.4 Å². The van der Waals surface area contributed by atoms with Crippen LogP contribution in [0.25, 0.3) is 16.5 Å². The third kappa shape index (κ3) is 2.82. The third-order valence-corrected chi connectivity index (χ3v) is 4.58. The average Bonchev–Trinajstić information content (AvgIpc) is 2.98. The molecule has 3 rings (SSSR count). The van der Waals surface area contributed by atoms with Crippen molar-refractivity contribution in [2.75, 3.05) is 0 Å². The van der Waals surface area contributed by atoms with Crippen LogP contribution < -0.4 is 10.6 Å². The minimum Gasteiger partial charge on any atom is -0.328 e. The van der Waals surface area contributed by atoms with Gasteiger partial charge >= 0.3 is 0 Å². The summed E-state index contributed by atoms with van der Waals surface area (Å²) in [5.41, 5.74) is 1.64. The van der Waals surface area contributed by atoms with Crippen molar-refractivity contribution in [1.29, 1.82) is 0 Å². The number of benzene rings is 1. The highest BCUT2D eigenvalue weighted by atomic mass is 79.9. The van der Waals surface area contributed by atoms with Crippen molar-refractivity contribution in [3.05, 3.63) is 51.4 Å². The lowest BCUT2D eigenvalue weighted by molar-refractivity contribution is -0.115. The van der Waals surface area contributed by atoms with E-state index in [0.717, 1.165) is 19.8 Å². The van der Waals surface area contributed by atoms with E-state index < -0.39 is 0 Å². The van der Waals surface area contributed by atoms with Crippen molar-refractivity contribution >= 4 is 56.6 Å². The summed E-state index contributed by atoms with van der Waals surface area (Å²) in [5.74, 6) is -0.186. The molecular weight excluding hydrogens is 356 g/mol. The van der Waals surface area contributed by atoms with Gasteiger partial charge in [-0.05, 0) is 48.1 Å². The molecule has 2 heterocycles. The first-order valence-corrected chi connectivity index (χ1v) is 7.83. The number of carbonyl (C=O) groups is 1. The van der Waals surface area contributed by atoms with Crippen LogP contribution in [-0.4, -0.2) is 11.0 Å². The lowest BCUT2D eigenvalue weighted by Crippen LogP contribution is -2.21. The van der Waals surface area contributed by atoms with Gasteiger partial charge in [-0.1, -0.05) is 28.1 Å². The van der Waals surface area contributed by atoms with Gasteiger partial charge in [-0.15, -0.1) is 11.3 Å². The Kier molecular flexibility index (Phi) is 3.69. The van der Waals surface area contributed by atoms with Gasteiger partial charge in [0.1, 0.15) is 5.70 Å². The molecule has 1 aromatic carbocycles. The maximum absolute atomic E-state index is 11.6. The first-order valence-electron chi connectivity index (χ1n) is 5.81. The summed E-state index contributed by atoms with van der Waals surface area (Å²) in [4.78, 5) is 13.7. The van der Waals surface area contributed by atoms with Gasteiger partial charge in [0.05, 0.1) is 0 Å². The Hall–Kier alpha value is -1.50. The van der Waals surface area contributed by atoms with Gasteiger partial charge in [0.25, 0.3) is 5.91 Å². The lowest BCUT2D eigenvalue weighted by Gasteiger charge is -1.96. The zero-order valence-corrected chi connectivity index (χ0v) is 13.4. The second-order valence-electron chi connectivity index (χ2n) is 4.18. The Bertz CT molecular complexity index is 719. The van der Waals surface area contributed by atoms with E-state index in [4.69, 9.17) is 12.2 Å². The first kappa shape index (κ1) is 13.5. The standard InChI is InChI=1S/C14H9BrN2OS2/c15-9-3-1-8(2-4-9)12-6-5-10(20-12)7-11-13(18)17-14(19)16-11/h1-7H,(H2,16,17,18,19). The highest BCUT2D eigenvalue weighted by Gasteiger charge is 2.20. The molecule has 20 heavy (non-hydrogen) atoms. The van der Waals surface area contributed by atoms with Crippen molar-refractivity contribution in [1.82, 2.24) is 10.6 Å². The van der Waals surface area contributed by atoms with E-state index in [-0.39, 0.29) is 5.91 Å². The van der Waals surface area contributed by atoms with Gasteiger partial charge in [0, 0.05) is 14.2 Å². The SMILES string of the molecule is O=C1NC(=S)NC1=Cc1ccc(-c2ccc(Br)cc2)s1. The fourth-order valence-corrected chi connectivity index (χ4v) is 3.25. The molecule has 1 amide bonds. The van der Waals surface area contributed by atoms with Gasteiger partial charge in [-0.25, -0.2) is 0 Å². The smallest absolute Gasteiger partial charge is 0.273 e. The van der Waals surface area contributed by atoms with Gasteiger partial charge in [-0.3, -0.25) is 10.1 Å². The number of nitrogens with one attached hydrogen (secondary N) is 2. The third-order valence-electron chi connectivity index (χ3n) is 2.76. The van der Waals surface area contributed by atoms with E-state index in [0.29, 0.717) is 10.8 Å². The fraction of sp³-hybridized carbons (Fsp3) is 0. The summed E-state index contributed by atoms with van der Waals surface area (Å²) in [6, 6.07) is 12.2. The molecule has 1 saturated heterocycles. The summed E-state index contributed by atoms with van der Waals surface area (Å²) < 4.78 is 1.06. The minimum absolute atomic E-state index is 0.186. The summed E-state index contributed by atoms with van der Waals surface area (Å²) in [6.07, 6.45) is 1.81. The molecule has 6 heteroatoms. The molecule has 1 aromatic heterocycles. The largest absolute Gasteiger partial charge is 0.328 e. The number of rotatable bonds is 2.